The second-order valence-electron chi connectivity index (χ2n) is 7.91. The molecule has 0 radical (unpaired) electrons. The van der Waals surface area contributed by atoms with E-state index in [1.807, 2.05) is 0 Å². The van der Waals surface area contributed by atoms with E-state index in [1.54, 1.807) is 0 Å². The van der Waals surface area contributed by atoms with Crippen molar-refractivity contribution >= 4 is 5.91 Å². The van der Waals surface area contributed by atoms with Crippen molar-refractivity contribution in [3.63, 3.8) is 0 Å². The number of halogens is 7. The molecule has 0 spiro atoms. The second kappa shape index (κ2) is 9.62. The summed E-state index contributed by atoms with van der Waals surface area (Å²) >= 11 is 0. The summed E-state index contributed by atoms with van der Waals surface area (Å²) in [5, 5.41) is 6.17. The quantitative estimate of drug-likeness (QED) is 0.243. The highest BCUT2D eigenvalue weighted by Crippen LogP contribution is 2.42. The van der Waals surface area contributed by atoms with Gasteiger partial charge in [-0.1, -0.05) is 0 Å². The maximum atomic E-state index is 13.6. The molecular weight excluding hydrogens is 487 g/mol. The van der Waals surface area contributed by atoms with E-state index in [4.69, 9.17) is 9.15 Å². The van der Waals surface area contributed by atoms with Crippen LogP contribution in [0.4, 0.5) is 30.7 Å². The summed E-state index contributed by atoms with van der Waals surface area (Å²) in [5.41, 5.74) is -0.431. The maximum Gasteiger partial charge on any atom is 0.435 e. The van der Waals surface area contributed by atoms with E-state index >= 15 is 0 Å². The van der Waals surface area contributed by atoms with Crippen LogP contribution in [0.25, 0.3) is 0 Å². The Morgan fingerprint density at radius 3 is 2.43 bits per heavy atom. The van der Waals surface area contributed by atoms with Gasteiger partial charge < -0.3 is 14.5 Å². The molecule has 1 fully saturated rings. The number of alkyl halides is 3. The average Bonchev–Trinajstić information content (AvgIpc) is 3.36. The minimum Gasteiger partial charge on any atom is -0.479 e. The number of carbonyl (C=O) groups excluding carboxylic acids is 1. The van der Waals surface area contributed by atoms with E-state index in [0.29, 0.717) is 12.1 Å². The van der Waals surface area contributed by atoms with E-state index in [-0.39, 0.29) is 36.6 Å². The van der Waals surface area contributed by atoms with Crippen LogP contribution in [0, 0.1) is 23.3 Å². The van der Waals surface area contributed by atoms with Gasteiger partial charge in [-0.25, -0.2) is 8.78 Å². The van der Waals surface area contributed by atoms with Crippen molar-refractivity contribution in [2.45, 2.75) is 44.5 Å². The summed E-state index contributed by atoms with van der Waals surface area (Å²) in [6, 6.07) is 3.62. The molecule has 1 amide bonds. The molecule has 2 heterocycles. The number of nitrogens with one attached hydrogen (secondary N) is 1. The van der Waals surface area contributed by atoms with Crippen molar-refractivity contribution in [1.82, 2.24) is 15.1 Å². The van der Waals surface area contributed by atoms with Crippen molar-refractivity contribution in [1.29, 1.82) is 0 Å². The molecule has 35 heavy (non-hydrogen) atoms. The molecular formula is C22H18F7N3O3. The summed E-state index contributed by atoms with van der Waals surface area (Å²) in [7, 11) is 0. The third-order valence-corrected chi connectivity index (χ3v) is 5.25. The molecule has 1 N–H and O–H groups in total. The van der Waals surface area contributed by atoms with Crippen molar-refractivity contribution in [3.05, 3.63) is 70.4 Å². The van der Waals surface area contributed by atoms with Crippen LogP contribution in [0.5, 0.6) is 5.75 Å². The molecule has 1 saturated carbocycles. The Labute approximate surface area is 193 Å². The molecule has 0 saturated heterocycles. The highest BCUT2D eigenvalue weighted by Gasteiger charge is 2.37. The lowest BCUT2D eigenvalue weighted by Gasteiger charge is -2.08. The molecule has 3 aromatic rings. The molecule has 0 unspecified atom stereocenters. The molecule has 13 heteroatoms. The van der Waals surface area contributed by atoms with Crippen LogP contribution in [-0.2, 0) is 19.3 Å². The number of hydrogen-bond acceptors (Lipinski definition) is 4. The number of hydrogen-bond donors (Lipinski definition) is 1. The third kappa shape index (κ3) is 5.60. The SMILES string of the molecule is O=C(NCCCn1nc(C(F)(F)F)cc1C1CC1)c1ccc(COc2c(F)c(F)cc(F)c2F)o1. The van der Waals surface area contributed by atoms with Gasteiger partial charge in [0.1, 0.15) is 12.4 Å². The minimum atomic E-state index is -4.54. The topological polar surface area (TPSA) is 69.3 Å². The van der Waals surface area contributed by atoms with Gasteiger partial charge in [0, 0.05) is 30.8 Å². The number of furan rings is 1. The molecule has 0 aliphatic heterocycles. The van der Waals surface area contributed by atoms with Gasteiger partial charge in [-0.15, -0.1) is 0 Å². The van der Waals surface area contributed by atoms with Gasteiger partial charge in [0.2, 0.25) is 11.6 Å². The lowest BCUT2D eigenvalue weighted by Crippen LogP contribution is -2.25. The Hall–Kier alpha value is -3.51. The van der Waals surface area contributed by atoms with E-state index in [9.17, 15) is 35.5 Å². The van der Waals surface area contributed by atoms with Gasteiger partial charge in [-0.2, -0.15) is 27.1 Å². The summed E-state index contributed by atoms with van der Waals surface area (Å²) in [4.78, 5) is 12.2. The fourth-order valence-electron chi connectivity index (χ4n) is 3.37. The number of nitrogens with zero attached hydrogens (tertiary/aromatic N) is 2. The average molecular weight is 505 g/mol. The Morgan fingerprint density at radius 2 is 1.80 bits per heavy atom. The van der Waals surface area contributed by atoms with Crippen LogP contribution >= 0.6 is 0 Å². The fraction of sp³-hybridized carbons (Fsp3) is 0.364. The molecule has 4 rings (SSSR count). The Bertz CT molecular complexity index is 1210. The Morgan fingerprint density at radius 1 is 1.11 bits per heavy atom. The van der Waals surface area contributed by atoms with Crippen LogP contribution < -0.4 is 10.1 Å². The number of rotatable bonds is 9. The van der Waals surface area contributed by atoms with Crippen molar-refractivity contribution in [3.8, 4) is 5.75 Å². The molecule has 0 atom stereocenters. The fourth-order valence-corrected chi connectivity index (χ4v) is 3.37. The van der Waals surface area contributed by atoms with E-state index in [1.165, 1.54) is 16.8 Å². The number of aryl methyl sites for hydroxylation is 1. The lowest BCUT2D eigenvalue weighted by molar-refractivity contribution is -0.141. The van der Waals surface area contributed by atoms with Crippen molar-refractivity contribution < 1.29 is 44.7 Å². The van der Waals surface area contributed by atoms with Gasteiger partial charge in [-0.05, 0) is 37.5 Å². The number of benzene rings is 1. The monoisotopic (exact) mass is 505 g/mol. The maximum absolute atomic E-state index is 13.6. The highest BCUT2D eigenvalue weighted by molar-refractivity contribution is 5.91. The van der Waals surface area contributed by atoms with Crippen LogP contribution in [-0.4, -0.2) is 22.2 Å². The first-order valence-electron chi connectivity index (χ1n) is 10.5. The number of aromatic nitrogens is 2. The van der Waals surface area contributed by atoms with E-state index in [2.05, 4.69) is 10.4 Å². The molecule has 1 aliphatic carbocycles. The lowest BCUT2D eigenvalue weighted by atomic mass is 10.2. The largest absolute Gasteiger partial charge is 0.479 e. The van der Waals surface area contributed by atoms with Crippen molar-refractivity contribution in [2.75, 3.05) is 6.54 Å². The number of ether oxygens (including phenoxy) is 1. The van der Waals surface area contributed by atoms with E-state index < -0.39 is 53.4 Å². The molecule has 0 bridgehead atoms. The van der Waals surface area contributed by atoms with Crippen LogP contribution in [0.3, 0.4) is 0 Å². The third-order valence-electron chi connectivity index (χ3n) is 5.25. The zero-order chi connectivity index (χ0) is 25.3. The number of carbonyl (C=O) groups is 1. The normalized spacial score (nSPS) is 13.8. The zero-order valence-electron chi connectivity index (χ0n) is 17.9. The first kappa shape index (κ1) is 24.6. The van der Waals surface area contributed by atoms with Crippen molar-refractivity contribution in [2.24, 2.45) is 0 Å². The first-order chi connectivity index (χ1) is 16.5. The van der Waals surface area contributed by atoms with Crippen LogP contribution in [0.1, 0.15) is 52.9 Å². The Balaban J connectivity index is 1.28. The molecule has 2 aromatic heterocycles. The standard InChI is InChI=1S/C22H18F7N3O3/c23-13-8-14(24)19(26)20(18(13)25)34-10-12-4-5-16(35-12)21(33)30-6-1-7-32-15(11-2-3-11)9-17(31-32)22(27,28)29/h4-5,8-9,11H,1-3,6-7,10H2,(H,30,33). The predicted octanol–water partition coefficient (Wildman–Crippen LogP) is 5.33. The van der Waals surface area contributed by atoms with Gasteiger partial charge in [-0.3, -0.25) is 9.48 Å². The smallest absolute Gasteiger partial charge is 0.435 e. The van der Waals surface area contributed by atoms with Crippen LogP contribution in [0.15, 0.2) is 28.7 Å². The minimum absolute atomic E-state index is 0.0429. The van der Waals surface area contributed by atoms with Gasteiger partial charge in [0.25, 0.3) is 5.91 Å². The van der Waals surface area contributed by atoms with E-state index in [0.717, 1.165) is 18.9 Å². The van der Waals surface area contributed by atoms with Gasteiger partial charge in [0.15, 0.2) is 28.8 Å². The summed E-state index contributed by atoms with van der Waals surface area (Å²) in [6.07, 6.45) is -2.63. The Kier molecular flexibility index (Phi) is 6.77. The molecule has 6 nitrogen and oxygen atoms in total. The molecule has 1 aromatic carbocycles. The van der Waals surface area contributed by atoms with Gasteiger partial charge >= 0.3 is 6.18 Å². The highest BCUT2D eigenvalue weighted by atomic mass is 19.4. The zero-order valence-corrected chi connectivity index (χ0v) is 17.9. The predicted molar refractivity (Wildman–Crippen MR) is 105 cm³/mol. The molecule has 188 valence electrons. The summed E-state index contributed by atoms with van der Waals surface area (Å²) in [5.74, 6) is -8.76. The second-order valence-corrected chi connectivity index (χ2v) is 7.91. The van der Waals surface area contributed by atoms with Gasteiger partial charge in [0.05, 0.1) is 0 Å². The number of amides is 1. The molecule has 1 aliphatic rings. The summed E-state index contributed by atoms with van der Waals surface area (Å²) < 4.78 is 104. The first-order valence-corrected chi connectivity index (χ1v) is 10.5. The van der Waals surface area contributed by atoms with Crippen LogP contribution in [0.2, 0.25) is 0 Å². The summed E-state index contributed by atoms with van der Waals surface area (Å²) in [6.45, 7) is -0.342.